The molecule has 12 atom stereocenters. The maximum atomic E-state index is 12.7. The summed E-state index contributed by atoms with van der Waals surface area (Å²) < 4.78 is 87.2. The van der Waals surface area contributed by atoms with Gasteiger partial charge in [0.25, 0.3) is 7.82 Å². The van der Waals surface area contributed by atoms with Gasteiger partial charge in [0, 0.05) is 22.0 Å². The molecule has 0 aromatic heterocycles. The van der Waals surface area contributed by atoms with Crippen LogP contribution in [-0.4, -0.2) is 74.3 Å². The summed E-state index contributed by atoms with van der Waals surface area (Å²) in [6.07, 6.45) is -1.57. The van der Waals surface area contributed by atoms with Crippen LogP contribution >= 0.6 is 24.3 Å². The Balaban J connectivity index is 1.45. The molecule has 42 heavy (non-hydrogen) atoms. The molecule has 3 saturated heterocycles. The molecule has 3 aliphatic rings. The van der Waals surface area contributed by atoms with Gasteiger partial charge in [0.15, 0.2) is 0 Å². The molecule has 244 valence electrons. The third-order valence-electron chi connectivity index (χ3n) is 7.24. The highest BCUT2D eigenvalue weighted by atomic mass is 31.2. The lowest BCUT2D eigenvalue weighted by Gasteiger charge is -2.31. The Morgan fingerprint density at radius 3 is 1.64 bits per heavy atom. The molecule has 0 aromatic carbocycles. The van der Waals surface area contributed by atoms with Crippen LogP contribution < -0.4 is 4.89 Å². The molecule has 0 spiro atoms. The zero-order valence-corrected chi connectivity index (χ0v) is 28.8. The van der Waals surface area contributed by atoms with E-state index in [-0.39, 0.29) is 55.6 Å². The van der Waals surface area contributed by atoms with Crippen LogP contribution in [0.2, 0.25) is 0 Å². The quantitative estimate of drug-likeness (QED) is 0.212. The average molecular weight is 662 g/mol. The summed E-state index contributed by atoms with van der Waals surface area (Å²) in [5.74, 6) is 0.268. The molecule has 6 unspecified atom stereocenters. The lowest BCUT2D eigenvalue weighted by atomic mass is 9.76. The van der Waals surface area contributed by atoms with Crippen molar-refractivity contribution in [1.29, 1.82) is 0 Å². The van der Waals surface area contributed by atoms with Gasteiger partial charge in [-0.3, -0.25) is 4.57 Å². The Morgan fingerprint density at radius 2 is 1.17 bits per heavy atom. The number of hydrogen-bond donors (Lipinski definition) is 0. The smallest absolute Gasteiger partial charge is 0.697 e. The minimum atomic E-state index is -4.59. The molecule has 0 saturated carbocycles. The molecule has 3 rings (SSSR count). The Bertz CT molecular complexity index is 968. The first-order valence-corrected chi connectivity index (χ1v) is 18.1. The summed E-state index contributed by atoms with van der Waals surface area (Å²) in [5, 5.41) is 0. The second kappa shape index (κ2) is 15.1. The summed E-state index contributed by atoms with van der Waals surface area (Å²) in [5.41, 5.74) is -0.928. The fourth-order valence-electron chi connectivity index (χ4n) is 5.46. The van der Waals surface area contributed by atoms with Gasteiger partial charge in [-0.1, -0.05) is 20.8 Å². The van der Waals surface area contributed by atoms with E-state index in [1.807, 2.05) is 13.8 Å². The molecule has 0 N–H and O–H groups in total. The highest BCUT2D eigenvalue weighted by molar-refractivity contribution is 7.45. The van der Waals surface area contributed by atoms with Gasteiger partial charge in [-0.2, -0.15) is 0 Å². The van der Waals surface area contributed by atoms with E-state index in [1.165, 1.54) is 0 Å². The fraction of sp³-hybridized carbons (Fsp3) is 1.00. The van der Waals surface area contributed by atoms with E-state index in [1.54, 1.807) is 27.7 Å². The summed E-state index contributed by atoms with van der Waals surface area (Å²) in [6.45, 7) is 16.5. The van der Waals surface area contributed by atoms with Crippen molar-refractivity contribution in [3.05, 3.63) is 0 Å². The van der Waals surface area contributed by atoms with Crippen molar-refractivity contribution < 1.29 is 59.9 Å². The van der Waals surface area contributed by atoms with Crippen LogP contribution in [0.3, 0.4) is 0 Å². The maximum Gasteiger partial charge on any atom is 0.697 e. The standard InChI is InChI=1S/C26H48O13P3/c1-16-10-19(25(4,5)6)22(34-16)13-31-40(27)37-20-11-17(2)35-23(20)14-32-41(28)38-21-12-18(3)36-24(21)15-33-42(29,30)39-26(7,8)9/h16-24H,10-15H2,1-9H3/q+1/t16-,17-,18-,19?,20?,21?,22+,23+,24+/m0/s1. The normalized spacial score (nSPS) is 36.3. The largest absolute Gasteiger partial charge is 0.756 e. The number of rotatable bonds is 14. The van der Waals surface area contributed by atoms with Gasteiger partial charge in [0.1, 0.15) is 37.6 Å². The monoisotopic (exact) mass is 661 g/mol. The van der Waals surface area contributed by atoms with Crippen molar-refractivity contribution >= 4 is 24.3 Å². The summed E-state index contributed by atoms with van der Waals surface area (Å²) in [6, 6.07) is 0. The molecular formula is C26H48O13P3+. The van der Waals surface area contributed by atoms with Crippen molar-refractivity contribution in [2.45, 2.75) is 136 Å². The lowest BCUT2D eigenvalue weighted by molar-refractivity contribution is -0.236. The average Bonchev–Trinajstić information content (AvgIpc) is 3.49. The van der Waals surface area contributed by atoms with Crippen molar-refractivity contribution in [2.24, 2.45) is 11.3 Å². The van der Waals surface area contributed by atoms with Gasteiger partial charge < -0.3 is 28.2 Å². The summed E-state index contributed by atoms with van der Waals surface area (Å²) >= 11 is 0. The molecule has 3 aliphatic heterocycles. The SMILES string of the molecule is C[C@H]1CC(O[P+](=O)OC[C@H]2O[C@@H](C)CC2C(C)(C)C)[C@@H](CO[P+](=O)OC2C[C@H](C)O[C@@H]2COP(=O)([O-])OC(C)(C)C)O1. The van der Waals surface area contributed by atoms with Gasteiger partial charge >= 0.3 is 16.5 Å². The Hall–Kier alpha value is 0.0300. The van der Waals surface area contributed by atoms with E-state index < -0.39 is 54.3 Å². The first kappa shape index (κ1) is 36.5. The highest BCUT2D eigenvalue weighted by Gasteiger charge is 2.47. The van der Waals surface area contributed by atoms with Gasteiger partial charge in [0.2, 0.25) is 0 Å². The van der Waals surface area contributed by atoms with Crippen molar-refractivity contribution in [3.8, 4) is 0 Å². The maximum absolute atomic E-state index is 12.7. The first-order valence-electron chi connectivity index (χ1n) is 14.5. The van der Waals surface area contributed by atoms with E-state index in [2.05, 4.69) is 20.8 Å². The third-order valence-corrected chi connectivity index (χ3v) is 10.1. The number of phosphoric ester groups is 1. The number of phosphoric acid groups is 1. The van der Waals surface area contributed by atoms with Crippen LogP contribution in [0, 0.1) is 11.3 Å². The number of hydrogen-bond acceptors (Lipinski definition) is 13. The minimum absolute atomic E-state index is 0.0234. The predicted molar refractivity (Wildman–Crippen MR) is 151 cm³/mol. The molecule has 3 fully saturated rings. The highest BCUT2D eigenvalue weighted by Crippen LogP contribution is 2.45. The van der Waals surface area contributed by atoms with E-state index in [9.17, 15) is 18.6 Å². The predicted octanol–water partition coefficient (Wildman–Crippen LogP) is 5.60. The minimum Gasteiger partial charge on any atom is -0.756 e. The van der Waals surface area contributed by atoms with Crippen LogP contribution in [-0.2, 0) is 55.0 Å². The Labute approximate surface area is 251 Å². The Morgan fingerprint density at radius 1 is 0.738 bits per heavy atom. The van der Waals surface area contributed by atoms with Gasteiger partial charge in [-0.05, 0) is 59.3 Å². The third kappa shape index (κ3) is 11.8. The zero-order chi connectivity index (χ0) is 31.5. The second-order valence-corrected chi connectivity index (χ2v) is 16.6. The lowest BCUT2D eigenvalue weighted by Crippen LogP contribution is -2.31. The van der Waals surface area contributed by atoms with Gasteiger partial charge in [-0.25, -0.2) is 0 Å². The van der Waals surface area contributed by atoms with Crippen LogP contribution in [0.4, 0.5) is 0 Å². The van der Waals surface area contributed by atoms with Crippen LogP contribution in [0.5, 0.6) is 0 Å². The molecule has 0 aliphatic carbocycles. The van der Waals surface area contributed by atoms with E-state index in [0.717, 1.165) is 6.42 Å². The zero-order valence-electron chi connectivity index (χ0n) is 26.1. The molecular weight excluding hydrogens is 613 g/mol. The van der Waals surface area contributed by atoms with Crippen LogP contribution in [0.1, 0.15) is 81.6 Å². The van der Waals surface area contributed by atoms with E-state index in [4.69, 9.17) is 41.4 Å². The molecule has 0 radical (unpaired) electrons. The summed E-state index contributed by atoms with van der Waals surface area (Å²) in [4.78, 5) is 12.1. The molecule has 0 aromatic rings. The van der Waals surface area contributed by atoms with Crippen LogP contribution in [0.15, 0.2) is 0 Å². The van der Waals surface area contributed by atoms with Crippen molar-refractivity contribution in [1.82, 2.24) is 0 Å². The van der Waals surface area contributed by atoms with Gasteiger partial charge in [0.05, 0.1) is 36.6 Å². The van der Waals surface area contributed by atoms with Gasteiger partial charge in [-0.15, -0.1) is 18.1 Å². The van der Waals surface area contributed by atoms with Crippen molar-refractivity contribution in [3.63, 3.8) is 0 Å². The van der Waals surface area contributed by atoms with E-state index in [0.29, 0.717) is 12.8 Å². The number of ether oxygens (including phenoxy) is 3. The van der Waals surface area contributed by atoms with Crippen molar-refractivity contribution in [2.75, 3.05) is 19.8 Å². The second-order valence-electron chi connectivity index (χ2n) is 13.4. The van der Waals surface area contributed by atoms with Crippen LogP contribution in [0.25, 0.3) is 0 Å². The fourth-order valence-corrected chi connectivity index (χ4v) is 8.06. The molecule has 16 heteroatoms. The molecule has 0 bridgehead atoms. The topological polar surface area (TPSA) is 157 Å². The van der Waals surface area contributed by atoms with E-state index >= 15 is 0 Å². The molecule has 3 heterocycles. The molecule has 13 nitrogen and oxygen atoms in total. The Kier molecular flexibility index (Phi) is 13.1. The first-order chi connectivity index (χ1) is 19.3. The molecule has 0 amide bonds. The summed E-state index contributed by atoms with van der Waals surface area (Å²) in [7, 11) is -9.66.